The lowest BCUT2D eigenvalue weighted by molar-refractivity contribution is 0.382. The number of benzene rings is 1. The lowest BCUT2D eigenvalue weighted by Gasteiger charge is -2.34. The number of halogens is 1. The van der Waals surface area contributed by atoms with Gasteiger partial charge in [0.15, 0.2) is 11.6 Å². The van der Waals surface area contributed by atoms with Crippen LogP contribution in [0.2, 0.25) is 0 Å². The van der Waals surface area contributed by atoms with Crippen LogP contribution >= 0.6 is 0 Å². The Kier molecular flexibility index (Phi) is 6.48. The molecule has 0 spiro atoms. The number of hydrogen-bond donors (Lipinski definition) is 0. The van der Waals surface area contributed by atoms with Gasteiger partial charge in [-0.1, -0.05) is 31.0 Å². The molecule has 0 bridgehead atoms. The number of anilines is 2. The van der Waals surface area contributed by atoms with E-state index in [1.165, 1.54) is 42.1 Å². The van der Waals surface area contributed by atoms with Crippen LogP contribution in [0.4, 0.5) is 16.0 Å². The van der Waals surface area contributed by atoms with Gasteiger partial charge >= 0.3 is 0 Å². The molecule has 3 heterocycles. The van der Waals surface area contributed by atoms with Crippen molar-refractivity contribution in [2.45, 2.75) is 31.4 Å². The van der Waals surface area contributed by atoms with Crippen molar-refractivity contribution in [2.75, 3.05) is 49.1 Å². The van der Waals surface area contributed by atoms with Crippen molar-refractivity contribution in [3.63, 3.8) is 0 Å². The van der Waals surface area contributed by atoms with Gasteiger partial charge < -0.3 is 9.80 Å². The highest BCUT2D eigenvalue weighted by Gasteiger charge is 2.28. The molecule has 0 radical (unpaired) electrons. The van der Waals surface area contributed by atoms with Crippen LogP contribution in [0.1, 0.15) is 31.2 Å². The summed E-state index contributed by atoms with van der Waals surface area (Å²) in [5.41, 5.74) is 0.204. The van der Waals surface area contributed by atoms with E-state index in [1.54, 1.807) is 12.1 Å². The Bertz CT molecular complexity index is 938. The van der Waals surface area contributed by atoms with Gasteiger partial charge in [-0.2, -0.15) is 4.31 Å². The average molecular weight is 434 g/mol. The third-order valence-corrected chi connectivity index (χ3v) is 7.65. The summed E-state index contributed by atoms with van der Waals surface area (Å²) in [6, 6.07) is 10.00. The summed E-state index contributed by atoms with van der Waals surface area (Å²) >= 11 is 0. The Labute approximate surface area is 177 Å². The second kappa shape index (κ2) is 9.26. The van der Waals surface area contributed by atoms with Crippen LogP contribution in [0.5, 0.6) is 0 Å². The minimum Gasteiger partial charge on any atom is -0.355 e. The van der Waals surface area contributed by atoms with E-state index in [9.17, 15) is 12.8 Å². The van der Waals surface area contributed by atoms with Crippen molar-refractivity contribution in [1.29, 1.82) is 0 Å². The molecule has 2 fully saturated rings. The SMILES string of the molecule is O=S(=O)(Cc1ccccc1F)N1CCN(c2ccc(N3CCCCCC3)nn2)CC1. The average Bonchev–Trinajstić information content (AvgIpc) is 3.05. The lowest BCUT2D eigenvalue weighted by Crippen LogP contribution is -2.49. The highest BCUT2D eigenvalue weighted by atomic mass is 32.2. The van der Waals surface area contributed by atoms with E-state index in [0.717, 1.165) is 24.7 Å². The Morgan fingerprint density at radius 2 is 1.33 bits per heavy atom. The van der Waals surface area contributed by atoms with Crippen LogP contribution in [0.25, 0.3) is 0 Å². The summed E-state index contributed by atoms with van der Waals surface area (Å²) < 4.78 is 40.7. The van der Waals surface area contributed by atoms with Gasteiger partial charge in [0.25, 0.3) is 0 Å². The molecule has 0 N–H and O–H groups in total. The predicted octanol–water partition coefficient (Wildman–Crippen LogP) is 2.65. The molecule has 2 aromatic rings. The Balaban J connectivity index is 1.35. The molecule has 1 aromatic heterocycles. The van der Waals surface area contributed by atoms with E-state index in [2.05, 4.69) is 15.1 Å². The molecule has 0 aliphatic carbocycles. The van der Waals surface area contributed by atoms with Gasteiger partial charge in [0, 0.05) is 44.8 Å². The van der Waals surface area contributed by atoms with Crippen LogP contribution in [0.3, 0.4) is 0 Å². The molecule has 2 aliphatic rings. The summed E-state index contributed by atoms with van der Waals surface area (Å²) in [5, 5.41) is 8.80. The van der Waals surface area contributed by atoms with Gasteiger partial charge in [-0.3, -0.25) is 0 Å². The second-order valence-electron chi connectivity index (χ2n) is 7.88. The fourth-order valence-corrected chi connectivity index (χ4v) is 5.58. The first-order valence-electron chi connectivity index (χ1n) is 10.6. The van der Waals surface area contributed by atoms with Gasteiger partial charge in [0.05, 0.1) is 5.75 Å². The summed E-state index contributed by atoms with van der Waals surface area (Å²) in [7, 11) is -3.57. The number of aromatic nitrogens is 2. The zero-order valence-corrected chi connectivity index (χ0v) is 17.9. The Morgan fingerprint density at radius 1 is 0.767 bits per heavy atom. The second-order valence-corrected chi connectivity index (χ2v) is 9.85. The summed E-state index contributed by atoms with van der Waals surface area (Å²) in [4.78, 5) is 4.34. The van der Waals surface area contributed by atoms with Gasteiger partial charge in [-0.15, -0.1) is 10.2 Å². The monoisotopic (exact) mass is 433 g/mol. The highest BCUT2D eigenvalue weighted by molar-refractivity contribution is 7.88. The van der Waals surface area contributed by atoms with E-state index in [1.807, 2.05) is 17.0 Å². The van der Waals surface area contributed by atoms with E-state index >= 15 is 0 Å². The number of sulfonamides is 1. The van der Waals surface area contributed by atoms with Gasteiger partial charge in [0.2, 0.25) is 10.0 Å². The molecular weight excluding hydrogens is 405 g/mol. The standard InChI is InChI=1S/C21H28FN5O2S/c22-19-8-4-3-7-18(19)17-30(28,29)27-15-13-26(14-16-27)21-10-9-20(23-24-21)25-11-5-1-2-6-12-25/h3-4,7-10H,1-2,5-6,11-17H2. The van der Waals surface area contributed by atoms with Crippen molar-refractivity contribution >= 4 is 21.7 Å². The molecular formula is C21H28FN5O2S. The van der Waals surface area contributed by atoms with Gasteiger partial charge in [-0.05, 0) is 31.0 Å². The zero-order valence-electron chi connectivity index (χ0n) is 17.1. The van der Waals surface area contributed by atoms with E-state index in [0.29, 0.717) is 26.2 Å². The molecule has 9 heteroatoms. The van der Waals surface area contributed by atoms with Crippen LogP contribution < -0.4 is 9.80 Å². The van der Waals surface area contributed by atoms with Crippen molar-refractivity contribution in [3.8, 4) is 0 Å². The van der Waals surface area contributed by atoms with Crippen LogP contribution in [0.15, 0.2) is 36.4 Å². The van der Waals surface area contributed by atoms with Crippen molar-refractivity contribution < 1.29 is 12.8 Å². The summed E-state index contributed by atoms with van der Waals surface area (Å²) in [5.74, 6) is 0.871. The minimum atomic E-state index is -3.57. The smallest absolute Gasteiger partial charge is 0.218 e. The third kappa shape index (κ3) is 4.89. The first-order chi connectivity index (χ1) is 14.5. The first-order valence-corrected chi connectivity index (χ1v) is 12.2. The maximum atomic E-state index is 13.9. The molecule has 0 amide bonds. The molecule has 4 rings (SSSR count). The number of hydrogen-bond acceptors (Lipinski definition) is 6. The molecule has 30 heavy (non-hydrogen) atoms. The molecule has 2 aliphatic heterocycles. The fraction of sp³-hybridized carbons (Fsp3) is 0.524. The Morgan fingerprint density at radius 3 is 1.90 bits per heavy atom. The summed E-state index contributed by atoms with van der Waals surface area (Å²) in [6.45, 7) is 3.82. The largest absolute Gasteiger partial charge is 0.355 e. The van der Waals surface area contributed by atoms with Crippen LogP contribution in [0, 0.1) is 5.82 Å². The van der Waals surface area contributed by atoms with Gasteiger partial charge in [-0.25, -0.2) is 12.8 Å². The quantitative estimate of drug-likeness (QED) is 0.722. The van der Waals surface area contributed by atoms with Crippen molar-refractivity contribution in [2.24, 2.45) is 0 Å². The maximum Gasteiger partial charge on any atom is 0.218 e. The first kappa shape index (κ1) is 21.0. The molecule has 7 nitrogen and oxygen atoms in total. The van der Waals surface area contributed by atoms with E-state index in [4.69, 9.17) is 0 Å². The third-order valence-electron chi connectivity index (χ3n) is 5.82. The molecule has 1 aromatic carbocycles. The lowest BCUT2D eigenvalue weighted by atomic mass is 10.2. The summed E-state index contributed by atoms with van der Waals surface area (Å²) in [6.07, 6.45) is 4.91. The minimum absolute atomic E-state index is 0.204. The molecule has 0 unspecified atom stereocenters. The van der Waals surface area contributed by atoms with Crippen LogP contribution in [-0.2, 0) is 15.8 Å². The molecule has 0 atom stereocenters. The van der Waals surface area contributed by atoms with E-state index in [-0.39, 0.29) is 11.3 Å². The normalized spacial score (nSPS) is 19.0. The maximum absolute atomic E-state index is 13.9. The zero-order chi connectivity index (χ0) is 21.0. The topological polar surface area (TPSA) is 69.6 Å². The molecule has 2 saturated heterocycles. The number of nitrogens with zero attached hydrogens (tertiary/aromatic N) is 5. The van der Waals surface area contributed by atoms with Crippen LogP contribution in [-0.4, -0.2) is 62.2 Å². The molecule has 0 saturated carbocycles. The van der Waals surface area contributed by atoms with Crippen molar-refractivity contribution in [1.82, 2.24) is 14.5 Å². The molecule has 162 valence electrons. The number of piperazine rings is 1. The predicted molar refractivity (Wildman–Crippen MR) is 116 cm³/mol. The van der Waals surface area contributed by atoms with Gasteiger partial charge in [0.1, 0.15) is 5.82 Å². The Hall–Kier alpha value is -2.26. The van der Waals surface area contributed by atoms with E-state index < -0.39 is 15.8 Å². The van der Waals surface area contributed by atoms with Crippen molar-refractivity contribution in [3.05, 3.63) is 47.8 Å². The highest BCUT2D eigenvalue weighted by Crippen LogP contribution is 2.21. The fourth-order valence-electron chi connectivity index (χ4n) is 4.05. The number of rotatable bonds is 5.